The van der Waals surface area contributed by atoms with Crippen molar-refractivity contribution in [2.45, 2.75) is 31.8 Å². The van der Waals surface area contributed by atoms with E-state index in [9.17, 15) is 14.9 Å². The molecule has 0 aliphatic heterocycles. The number of carbonyl (C=O) groups is 1. The van der Waals surface area contributed by atoms with Crippen LogP contribution in [0.5, 0.6) is 0 Å². The van der Waals surface area contributed by atoms with Gasteiger partial charge < -0.3 is 9.73 Å². The zero-order valence-electron chi connectivity index (χ0n) is 11.9. The molecule has 2 heterocycles. The van der Waals surface area contributed by atoms with Gasteiger partial charge in [0.15, 0.2) is 0 Å². The van der Waals surface area contributed by atoms with E-state index in [-0.39, 0.29) is 18.4 Å². The maximum absolute atomic E-state index is 12.1. The van der Waals surface area contributed by atoms with Crippen molar-refractivity contribution in [1.29, 1.82) is 5.26 Å². The summed E-state index contributed by atoms with van der Waals surface area (Å²) in [6.07, 6.45) is 1.85. The minimum absolute atomic E-state index is 0.178. The Bertz CT molecular complexity index is 782. The highest BCUT2D eigenvalue weighted by Gasteiger charge is 2.43. The average Bonchev–Trinajstić information content (AvgIpc) is 3.10. The van der Waals surface area contributed by atoms with Gasteiger partial charge >= 0.3 is 5.76 Å². The number of nitrogens with zero attached hydrogens (tertiary/aromatic N) is 3. The molecule has 1 unspecified atom stereocenters. The van der Waals surface area contributed by atoms with Gasteiger partial charge in [-0.2, -0.15) is 9.94 Å². The van der Waals surface area contributed by atoms with E-state index in [2.05, 4.69) is 16.5 Å². The van der Waals surface area contributed by atoms with Crippen LogP contribution in [-0.2, 0) is 11.3 Å². The lowest BCUT2D eigenvalue weighted by Gasteiger charge is -2.22. The Kier molecular flexibility index (Phi) is 3.58. The molecule has 7 nitrogen and oxygen atoms in total. The molecule has 2 aromatic heterocycles. The summed E-state index contributed by atoms with van der Waals surface area (Å²) in [5.41, 5.74) is -0.888. The van der Waals surface area contributed by atoms with E-state index in [0.29, 0.717) is 0 Å². The van der Waals surface area contributed by atoms with Gasteiger partial charge in [-0.15, -0.1) is 16.4 Å². The van der Waals surface area contributed by atoms with Crippen LogP contribution in [0, 0.1) is 17.2 Å². The van der Waals surface area contributed by atoms with E-state index < -0.39 is 17.2 Å². The van der Waals surface area contributed by atoms with Gasteiger partial charge in [-0.25, -0.2) is 4.79 Å². The van der Waals surface area contributed by atoms with Crippen LogP contribution >= 0.6 is 11.3 Å². The number of hydrogen-bond acceptors (Lipinski definition) is 6. The third-order valence-electron chi connectivity index (χ3n) is 3.66. The molecule has 1 N–H and O–H groups in total. The maximum Gasteiger partial charge on any atom is 0.437 e. The van der Waals surface area contributed by atoms with Gasteiger partial charge in [0.05, 0.1) is 10.9 Å². The largest absolute Gasteiger partial charge is 0.437 e. The third kappa shape index (κ3) is 2.80. The normalized spacial score (nSPS) is 16.7. The fourth-order valence-electron chi connectivity index (χ4n) is 2.25. The number of rotatable bonds is 5. The number of aromatic nitrogens is 2. The summed E-state index contributed by atoms with van der Waals surface area (Å²) in [6.45, 7) is 1.43. The van der Waals surface area contributed by atoms with Crippen LogP contribution < -0.4 is 11.1 Å². The zero-order valence-corrected chi connectivity index (χ0v) is 12.7. The number of amides is 1. The fourth-order valence-corrected chi connectivity index (χ4v) is 2.90. The van der Waals surface area contributed by atoms with E-state index in [1.807, 2.05) is 11.4 Å². The second kappa shape index (κ2) is 5.42. The van der Waals surface area contributed by atoms with E-state index in [1.165, 1.54) is 11.3 Å². The lowest BCUT2D eigenvalue weighted by Crippen LogP contribution is -2.48. The van der Waals surface area contributed by atoms with E-state index >= 15 is 0 Å². The van der Waals surface area contributed by atoms with Crippen molar-refractivity contribution < 1.29 is 9.21 Å². The van der Waals surface area contributed by atoms with E-state index in [1.54, 1.807) is 13.0 Å². The van der Waals surface area contributed by atoms with Gasteiger partial charge in [-0.3, -0.25) is 4.79 Å². The summed E-state index contributed by atoms with van der Waals surface area (Å²) in [7, 11) is 0. The van der Waals surface area contributed by atoms with Crippen molar-refractivity contribution in [2.75, 3.05) is 0 Å². The topological polar surface area (TPSA) is 101 Å². The lowest BCUT2D eigenvalue weighted by molar-refractivity contribution is -0.123. The molecule has 3 rings (SSSR count). The molecule has 0 spiro atoms. The number of thiophene rings is 1. The second-order valence-corrected chi connectivity index (χ2v) is 6.39. The molecule has 0 bridgehead atoms. The predicted molar refractivity (Wildman–Crippen MR) is 79.0 cm³/mol. The van der Waals surface area contributed by atoms with Crippen molar-refractivity contribution in [3.8, 4) is 16.8 Å². The first-order chi connectivity index (χ1) is 10.5. The molecule has 22 heavy (non-hydrogen) atoms. The summed E-state index contributed by atoms with van der Waals surface area (Å²) in [5, 5.41) is 17.8. The van der Waals surface area contributed by atoms with Crippen LogP contribution in [0.2, 0.25) is 0 Å². The highest BCUT2D eigenvalue weighted by molar-refractivity contribution is 7.13. The van der Waals surface area contributed by atoms with Crippen molar-refractivity contribution in [2.24, 2.45) is 5.92 Å². The van der Waals surface area contributed by atoms with Crippen LogP contribution in [0.25, 0.3) is 10.8 Å². The highest BCUT2D eigenvalue weighted by atomic mass is 32.1. The number of nitriles is 1. The molecule has 1 saturated carbocycles. The molecule has 1 aliphatic carbocycles. The number of hydrogen-bond donors (Lipinski definition) is 1. The summed E-state index contributed by atoms with van der Waals surface area (Å²) in [5.74, 6) is -0.747. The molecule has 114 valence electrons. The van der Waals surface area contributed by atoms with E-state index in [4.69, 9.17) is 4.42 Å². The monoisotopic (exact) mass is 318 g/mol. The molecule has 2 aromatic rings. The molecular formula is C14H14N4O3S. The Balaban J connectivity index is 1.72. The van der Waals surface area contributed by atoms with Gasteiger partial charge in [0, 0.05) is 0 Å². The fraction of sp³-hybridized carbons (Fsp3) is 0.429. The Morgan fingerprint density at radius 1 is 1.68 bits per heavy atom. The molecule has 1 aliphatic rings. The first kappa shape index (κ1) is 14.5. The highest BCUT2D eigenvalue weighted by Crippen LogP contribution is 2.39. The quantitative estimate of drug-likeness (QED) is 0.897. The Morgan fingerprint density at radius 3 is 3.05 bits per heavy atom. The third-order valence-corrected chi connectivity index (χ3v) is 4.51. The second-order valence-electron chi connectivity index (χ2n) is 5.44. The Labute approximate surface area is 130 Å². The summed E-state index contributed by atoms with van der Waals surface area (Å²) >= 11 is 1.39. The van der Waals surface area contributed by atoms with Crippen LogP contribution in [-0.4, -0.2) is 21.2 Å². The van der Waals surface area contributed by atoms with Crippen molar-refractivity contribution in [1.82, 2.24) is 15.1 Å². The van der Waals surface area contributed by atoms with Gasteiger partial charge in [-0.05, 0) is 37.1 Å². The average molecular weight is 318 g/mol. The zero-order chi connectivity index (χ0) is 15.7. The van der Waals surface area contributed by atoms with Crippen molar-refractivity contribution in [3.05, 3.63) is 28.1 Å². The first-order valence-corrected chi connectivity index (χ1v) is 7.74. The van der Waals surface area contributed by atoms with Crippen LogP contribution in [0.1, 0.15) is 19.8 Å². The van der Waals surface area contributed by atoms with Crippen LogP contribution in [0.4, 0.5) is 0 Å². The standard InChI is InChI=1S/C14H14N4O3S/c1-14(8-15,9-4-5-9)16-11(19)7-18-13(20)21-12(17-18)10-3-2-6-22-10/h2-3,6,9H,4-5,7H2,1H3,(H,16,19). The smallest absolute Gasteiger partial charge is 0.387 e. The van der Waals surface area contributed by atoms with Gasteiger partial charge in [0.2, 0.25) is 5.91 Å². The Morgan fingerprint density at radius 2 is 2.45 bits per heavy atom. The molecule has 0 saturated heterocycles. The summed E-state index contributed by atoms with van der Waals surface area (Å²) < 4.78 is 6.01. The molecule has 1 fully saturated rings. The molecule has 1 atom stereocenters. The number of carbonyl (C=O) groups excluding carboxylic acids is 1. The Hall–Kier alpha value is -2.40. The van der Waals surface area contributed by atoms with Gasteiger partial charge in [0.1, 0.15) is 12.1 Å². The van der Waals surface area contributed by atoms with E-state index in [0.717, 1.165) is 22.4 Å². The summed E-state index contributed by atoms with van der Waals surface area (Å²) in [6, 6.07) is 5.73. The molecule has 0 radical (unpaired) electrons. The molecule has 0 aromatic carbocycles. The van der Waals surface area contributed by atoms with Crippen molar-refractivity contribution in [3.63, 3.8) is 0 Å². The molecule has 8 heteroatoms. The minimum atomic E-state index is -0.888. The van der Waals surface area contributed by atoms with Crippen LogP contribution in [0.15, 0.2) is 26.7 Å². The van der Waals surface area contributed by atoms with Crippen LogP contribution in [0.3, 0.4) is 0 Å². The minimum Gasteiger partial charge on any atom is -0.387 e. The first-order valence-electron chi connectivity index (χ1n) is 6.86. The van der Waals surface area contributed by atoms with Crippen molar-refractivity contribution >= 4 is 17.2 Å². The van der Waals surface area contributed by atoms with Gasteiger partial charge in [-0.1, -0.05) is 6.07 Å². The SMILES string of the molecule is CC(C#N)(NC(=O)Cn1nc(-c2cccs2)oc1=O)C1CC1. The summed E-state index contributed by atoms with van der Waals surface area (Å²) in [4.78, 5) is 24.5. The lowest BCUT2D eigenvalue weighted by atomic mass is 9.98. The number of nitrogens with one attached hydrogen (secondary N) is 1. The molecule has 1 amide bonds. The maximum atomic E-state index is 12.1. The predicted octanol–water partition coefficient (Wildman–Crippen LogP) is 1.37. The van der Waals surface area contributed by atoms with Gasteiger partial charge in [0.25, 0.3) is 5.89 Å². The molecular weight excluding hydrogens is 304 g/mol.